The van der Waals surface area contributed by atoms with E-state index in [1.807, 2.05) is 11.9 Å². The SMILES string of the molecule is CN(C(=O)C1CCC(CN)O1)C1CCC1. The first-order valence-corrected chi connectivity index (χ1v) is 5.84. The van der Waals surface area contributed by atoms with Crippen molar-refractivity contribution >= 4 is 5.91 Å². The molecule has 2 atom stereocenters. The Bertz CT molecular complexity index is 241. The minimum absolute atomic E-state index is 0.0914. The van der Waals surface area contributed by atoms with Gasteiger partial charge in [-0.1, -0.05) is 0 Å². The fourth-order valence-electron chi connectivity index (χ4n) is 2.24. The Kier molecular flexibility index (Phi) is 3.26. The van der Waals surface area contributed by atoms with Crippen molar-refractivity contribution in [3.63, 3.8) is 0 Å². The summed E-state index contributed by atoms with van der Waals surface area (Å²) in [4.78, 5) is 13.9. The van der Waals surface area contributed by atoms with Crippen LogP contribution in [0, 0.1) is 0 Å². The van der Waals surface area contributed by atoms with E-state index in [1.165, 1.54) is 6.42 Å². The largest absolute Gasteiger partial charge is 0.364 e. The van der Waals surface area contributed by atoms with Crippen molar-refractivity contribution in [2.24, 2.45) is 5.73 Å². The van der Waals surface area contributed by atoms with Gasteiger partial charge in [0.2, 0.25) is 0 Å². The zero-order valence-electron chi connectivity index (χ0n) is 9.32. The summed E-state index contributed by atoms with van der Waals surface area (Å²) in [7, 11) is 1.89. The summed E-state index contributed by atoms with van der Waals surface area (Å²) in [5.41, 5.74) is 5.52. The van der Waals surface area contributed by atoms with E-state index in [9.17, 15) is 4.79 Å². The first-order chi connectivity index (χ1) is 7.22. The molecule has 86 valence electrons. The third-order valence-electron chi connectivity index (χ3n) is 3.62. The first-order valence-electron chi connectivity index (χ1n) is 5.84. The predicted octanol–water partition coefficient (Wildman–Crippen LogP) is 0.504. The van der Waals surface area contributed by atoms with Crippen molar-refractivity contribution in [2.45, 2.75) is 50.4 Å². The van der Waals surface area contributed by atoms with E-state index in [1.54, 1.807) is 0 Å². The van der Waals surface area contributed by atoms with Crippen LogP contribution in [0.4, 0.5) is 0 Å². The number of rotatable bonds is 3. The topological polar surface area (TPSA) is 55.6 Å². The number of ether oxygens (including phenoxy) is 1. The molecule has 2 N–H and O–H groups in total. The Balaban J connectivity index is 1.85. The molecule has 2 rings (SSSR count). The molecule has 0 aromatic heterocycles. The van der Waals surface area contributed by atoms with Gasteiger partial charge in [-0.15, -0.1) is 0 Å². The van der Waals surface area contributed by atoms with Gasteiger partial charge in [-0.3, -0.25) is 4.79 Å². The van der Waals surface area contributed by atoms with Crippen molar-refractivity contribution in [3.05, 3.63) is 0 Å². The zero-order chi connectivity index (χ0) is 10.8. The van der Waals surface area contributed by atoms with Gasteiger partial charge >= 0.3 is 0 Å². The average Bonchev–Trinajstić information content (AvgIpc) is 2.61. The number of nitrogens with zero attached hydrogens (tertiary/aromatic N) is 1. The average molecular weight is 212 g/mol. The summed E-state index contributed by atoms with van der Waals surface area (Å²) < 4.78 is 5.60. The number of amides is 1. The number of hydrogen-bond acceptors (Lipinski definition) is 3. The Morgan fingerprint density at radius 3 is 2.60 bits per heavy atom. The van der Waals surface area contributed by atoms with E-state index in [-0.39, 0.29) is 18.1 Å². The highest BCUT2D eigenvalue weighted by molar-refractivity contribution is 5.81. The van der Waals surface area contributed by atoms with Gasteiger partial charge in [0.1, 0.15) is 6.10 Å². The molecule has 1 saturated carbocycles. The highest BCUT2D eigenvalue weighted by Crippen LogP contribution is 2.27. The Hall–Kier alpha value is -0.610. The molecule has 2 unspecified atom stereocenters. The van der Waals surface area contributed by atoms with Crippen molar-refractivity contribution in [1.82, 2.24) is 4.90 Å². The van der Waals surface area contributed by atoms with Crippen LogP contribution >= 0.6 is 0 Å². The van der Waals surface area contributed by atoms with Crippen LogP contribution in [0.5, 0.6) is 0 Å². The molecule has 2 aliphatic rings. The second kappa shape index (κ2) is 4.49. The lowest BCUT2D eigenvalue weighted by Gasteiger charge is -2.36. The lowest BCUT2D eigenvalue weighted by atomic mass is 9.91. The highest BCUT2D eigenvalue weighted by Gasteiger charge is 2.35. The monoisotopic (exact) mass is 212 g/mol. The maximum Gasteiger partial charge on any atom is 0.251 e. The van der Waals surface area contributed by atoms with Gasteiger partial charge in [-0.25, -0.2) is 0 Å². The smallest absolute Gasteiger partial charge is 0.251 e. The minimum atomic E-state index is -0.232. The number of likely N-dealkylation sites (N-methyl/N-ethyl adjacent to an activating group) is 1. The lowest BCUT2D eigenvalue weighted by Crippen LogP contribution is -2.46. The van der Waals surface area contributed by atoms with Crippen molar-refractivity contribution in [1.29, 1.82) is 0 Å². The fraction of sp³-hybridized carbons (Fsp3) is 0.909. The van der Waals surface area contributed by atoms with Gasteiger partial charge < -0.3 is 15.4 Å². The molecule has 15 heavy (non-hydrogen) atoms. The number of carbonyl (C=O) groups excluding carboxylic acids is 1. The van der Waals surface area contributed by atoms with Crippen LogP contribution in [-0.4, -0.2) is 42.6 Å². The van der Waals surface area contributed by atoms with E-state index in [4.69, 9.17) is 10.5 Å². The van der Waals surface area contributed by atoms with Crippen LogP contribution < -0.4 is 5.73 Å². The molecule has 0 aromatic rings. The fourth-order valence-corrected chi connectivity index (χ4v) is 2.24. The highest BCUT2D eigenvalue weighted by atomic mass is 16.5. The van der Waals surface area contributed by atoms with Crippen LogP contribution in [0.15, 0.2) is 0 Å². The molecule has 0 radical (unpaired) electrons. The van der Waals surface area contributed by atoms with Gasteiger partial charge in [0.25, 0.3) is 5.91 Å². The third kappa shape index (κ3) is 2.16. The van der Waals surface area contributed by atoms with E-state index in [2.05, 4.69) is 0 Å². The molecule has 0 bridgehead atoms. The summed E-state index contributed by atoms with van der Waals surface area (Å²) in [6.07, 6.45) is 5.16. The summed E-state index contributed by atoms with van der Waals surface area (Å²) in [5, 5.41) is 0. The maximum absolute atomic E-state index is 12.0. The van der Waals surface area contributed by atoms with E-state index < -0.39 is 0 Å². The van der Waals surface area contributed by atoms with Crippen LogP contribution in [-0.2, 0) is 9.53 Å². The van der Waals surface area contributed by atoms with Crippen LogP contribution in [0.3, 0.4) is 0 Å². The van der Waals surface area contributed by atoms with Crippen LogP contribution in [0.2, 0.25) is 0 Å². The first kappa shape index (κ1) is 10.9. The normalized spacial score (nSPS) is 31.3. The van der Waals surface area contributed by atoms with Gasteiger partial charge in [0.05, 0.1) is 6.10 Å². The molecule has 1 heterocycles. The van der Waals surface area contributed by atoms with Gasteiger partial charge in [-0.2, -0.15) is 0 Å². The lowest BCUT2D eigenvalue weighted by molar-refractivity contribution is -0.145. The molecular weight excluding hydrogens is 192 g/mol. The summed E-state index contributed by atoms with van der Waals surface area (Å²) in [5.74, 6) is 0.149. The van der Waals surface area contributed by atoms with Crippen molar-refractivity contribution in [3.8, 4) is 0 Å². The molecule has 4 heteroatoms. The summed E-state index contributed by atoms with van der Waals surface area (Å²) in [6.45, 7) is 0.525. The molecule has 1 saturated heterocycles. The Morgan fingerprint density at radius 1 is 1.40 bits per heavy atom. The van der Waals surface area contributed by atoms with Crippen molar-refractivity contribution in [2.75, 3.05) is 13.6 Å². The van der Waals surface area contributed by atoms with Gasteiger partial charge in [0, 0.05) is 19.6 Å². The molecule has 2 fully saturated rings. The van der Waals surface area contributed by atoms with Crippen LogP contribution in [0.25, 0.3) is 0 Å². The number of hydrogen-bond donors (Lipinski definition) is 1. The van der Waals surface area contributed by atoms with Crippen LogP contribution in [0.1, 0.15) is 32.1 Å². The Morgan fingerprint density at radius 2 is 2.13 bits per heavy atom. The molecule has 1 aliphatic heterocycles. The molecular formula is C11H20N2O2. The Labute approximate surface area is 90.8 Å². The van der Waals surface area contributed by atoms with E-state index >= 15 is 0 Å². The van der Waals surface area contributed by atoms with Crippen molar-refractivity contribution < 1.29 is 9.53 Å². The number of carbonyl (C=O) groups is 1. The predicted molar refractivity (Wildman–Crippen MR) is 57.4 cm³/mol. The third-order valence-corrected chi connectivity index (χ3v) is 3.62. The second-order valence-electron chi connectivity index (χ2n) is 4.59. The molecule has 1 amide bonds. The summed E-state index contributed by atoms with van der Waals surface area (Å²) in [6, 6.07) is 0.457. The summed E-state index contributed by atoms with van der Waals surface area (Å²) >= 11 is 0. The molecule has 1 aliphatic carbocycles. The van der Waals surface area contributed by atoms with E-state index in [0.29, 0.717) is 12.6 Å². The van der Waals surface area contributed by atoms with E-state index in [0.717, 1.165) is 25.7 Å². The molecule has 0 spiro atoms. The second-order valence-corrected chi connectivity index (χ2v) is 4.59. The molecule has 4 nitrogen and oxygen atoms in total. The molecule has 0 aromatic carbocycles. The standard InChI is InChI=1S/C11H20N2O2/c1-13(8-3-2-4-8)11(14)10-6-5-9(7-12)15-10/h8-10H,2-7,12H2,1H3. The van der Waals surface area contributed by atoms with Gasteiger partial charge in [-0.05, 0) is 32.1 Å². The quantitative estimate of drug-likeness (QED) is 0.741. The maximum atomic E-state index is 12.0. The number of nitrogens with two attached hydrogens (primary N) is 1. The van der Waals surface area contributed by atoms with Gasteiger partial charge in [0.15, 0.2) is 0 Å². The minimum Gasteiger partial charge on any atom is -0.364 e. The zero-order valence-corrected chi connectivity index (χ0v) is 9.32.